The fourth-order valence-corrected chi connectivity index (χ4v) is 8.98. The Bertz CT molecular complexity index is 1330. The molecule has 0 saturated heterocycles. The van der Waals surface area contributed by atoms with E-state index in [1.165, 1.54) is 5.57 Å². The first-order valence-electron chi connectivity index (χ1n) is 17.3. The Morgan fingerprint density at radius 2 is 1.51 bits per heavy atom. The number of phenols is 1. The number of carboxylic acids is 1. The van der Waals surface area contributed by atoms with E-state index in [1.807, 2.05) is 6.07 Å². The predicted octanol–water partition coefficient (Wildman–Crippen LogP) is 11.0. The molecule has 1 aromatic carbocycles. The predicted molar refractivity (Wildman–Crippen MR) is 165 cm³/mol. The zero-order chi connectivity index (χ0) is 36.6. The summed E-state index contributed by atoms with van der Waals surface area (Å²) in [4.78, 5) is 11.5. The molecule has 7 atom stereocenters. The van der Waals surface area contributed by atoms with Gasteiger partial charge in [-0.1, -0.05) is 70.1 Å². The minimum atomic E-state index is -6.99. The fraction of sp³-hybridized carbons (Fsp3) is 0.750. The van der Waals surface area contributed by atoms with Gasteiger partial charge in [0.05, 0.1) is 12.0 Å². The molecule has 0 aliphatic heterocycles. The van der Waals surface area contributed by atoms with Gasteiger partial charge >= 0.3 is 29.9 Å². The summed E-state index contributed by atoms with van der Waals surface area (Å²) < 4.78 is 118. The highest BCUT2D eigenvalue weighted by atomic mass is 19.4. The lowest BCUT2D eigenvalue weighted by molar-refractivity contribution is -0.396. The highest BCUT2D eigenvalue weighted by Gasteiger charge is 2.81. The van der Waals surface area contributed by atoms with Crippen molar-refractivity contribution in [3.05, 3.63) is 41.5 Å². The number of alkyl halides is 9. The van der Waals surface area contributed by atoms with Crippen molar-refractivity contribution in [2.75, 3.05) is 0 Å². The number of hydrogen-bond donors (Lipinski definition) is 3. The van der Waals surface area contributed by atoms with Crippen LogP contribution in [0.2, 0.25) is 0 Å². The molecule has 5 unspecified atom stereocenters. The van der Waals surface area contributed by atoms with Gasteiger partial charge in [-0.15, -0.1) is 0 Å². The maximum Gasteiger partial charge on any atom is 0.460 e. The van der Waals surface area contributed by atoms with Crippen LogP contribution in [0.5, 0.6) is 5.75 Å². The van der Waals surface area contributed by atoms with Gasteiger partial charge in [-0.3, -0.25) is 4.79 Å². The number of hydrogen-bond acceptors (Lipinski definition) is 3. The van der Waals surface area contributed by atoms with E-state index in [0.717, 1.165) is 68.9 Å². The van der Waals surface area contributed by atoms with Crippen molar-refractivity contribution < 1.29 is 59.6 Å². The number of aliphatic hydroxyl groups is 1. The molecule has 0 aromatic heterocycles. The molecule has 49 heavy (non-hydrogen) atoms. The molecule has 4 rings (SSSR count). The molecule has 278 valence electrons. The largest absolute Gasteiger partial charge is 0.508 e. The fourth-order valence-electron chi connectivity index (χ4n) is 8.98. The van der Waals surface area contributed by atoms with Crippen LogP contribution in [0.25, 0.3) is 0 Å². The van der Waals surface area contributed by atoms with E-state index in [9.17, 15) is 59.6 Å². The third kappa shape index (κ3) is 7.61. The van der Waals surface area contributed by atoms with Gasteiger partial charge in [0.15, 0.2) is 0 Å². The molecule has 3 aliphatic carbocycles. The van der Waals surface area contributed by atoms with E-state index < -0.39 is 54.8 Å². The van der Waals surface area contributed by atoms with Gasteiger partial charge in [-0.2, -0.15) is 39.5 Å². The van der Waals surface area contributed by atoms with Crippen LogP contribution in [-0.4, -0.2) is 45.2 Å². The maximum absolute atomic E-state index is 13.9. The van der Waals surface area contributed by atoms with E-state index in [1.54, 1.807) is 12.1 Å². The molecule has 3 aliphatic rings. The molecular formula is C36H47F9O4. The van der Waals surface area contributed by atoms with Crippen LogP contribution in [0.3, 0.4) is 0 Å². The molecule has 0 heterocycles. The van der Waals surface area contributed by atoms with Gasteiger partial charge in [0.25, 0.3) is 0 Å². The molecule has 0 amide bonds. The Labute approximate surface area is 281 Å². The maximum atomic E-state index is 13.9. The topological polar surface area (TPSA) is 77.8 Å². The van der Waals surface area contributed by atoms with Crippen molar-refractivity contribution >= 4 is 5.97 Å². The standard InChI is InChI=1S/C36H47F9O4/c1-21-12-15-28-29-25(17-18-32(21,28)2)24-14-13-23(46)20-27(24)30(47)26(29)11-9-7-5-3-4-6-8-10-22(31(48)49)16-19-33(37,38)34(39,40)35(41,42)36(43,44)45/h13-14,20,22,25-26,28-30,46-47H,1,3-12,15-19H2,2H3,(H,48,49)/t22?,25?,26?,28?,29?,30-,32+/m0/s1. The van der Waals surface area contributed by atoms with Gasteiger partial charge in [-0.25, -0.2) is 0 Å². The number of carboxylic acid groups (broad SMARTS) is 1. The summed E-state index contributed by atoms with van der Waals surface area (Å²) >= 11 is 0. The zero-order valence-corrected chi connectivity index (χ0v) is 27.7. The third-order valence-electron chi connectivity index (χ3n) is 11.9. The number of halogens is 9. The Morgan fingerprint density at radius 1 is 0.898 bits per heavy atom. The second-order valence-corrected chi connectivity index (χ2v) is 14.8. The van der Waals surface area contributed by atoms with E-state index in [2.05, 4.69) is 13.5 Å². The van der Waals surface area contributed by atoms with Gasteiger partial charge in [-0.05, 0) is 97.3 Å². The Kier molecular flexibility index (Phi) is 11.8. The molecule has 0 spiro atoms. The number of carbonyl (C=O) groups is 1. The van der Waals surface area contributed by atoms with Gasteiger partial charge < -0.3 is 15.3 Å². The molecule has 13 heteroatoms. The van der Waals surface area contributed by atoms with Crippen LogP contribution in [-0.2, 0) is 4.79 Å². The Morgan fingerprint density at radius 3 is 2.12 bits per heavy atom. The summed E-state index contributed by atoms with van der Waals surface area (Å²) in [6.07, 6.45) is -1.42. The minimum absolute atomic E-state index is 0.0368. The van der Waals surface area contributed by atoms with Crippen LogP contribution >= 0.6 is 0 Å². The Balaban J connectivity index is 1.22. The number of benzene rings is 1. The van der Waals surface area contributed by atoms with Crippen molar-refractivity contribution in [1.82, 2.24) is 0 Å². The van der Waals surface area contributed by atoms with Crippen LogP contribution < -0.4 is 0 Å². The molecular weight excluding hydrogens is 667 g/mol. The average molecular weight is 715 g/mol. The van der Waals surface area contributed by atoms with Crippen molar-refractivity contribution in [2.24, 2.45) is 29.1 Å². The van der Waals surface area contributed by atoms with Crippen molar-refractivity contribution in [1.29, 1.82) is 0 Å². The van der Waals surface area contributed by atoms with Crippen molar-refractivity contribution in [2.45, 2.75) is 139 Å². The van der Waals surface area contributed by atoms with Crippen LogP contribution in [0.4, 0.5) is 39.5 Å². The summed E-state index contributed by atoms with van der Waals surface area (Å²) in [5.74, 6) is -21.5. The smallest absolute Gasteiger partial charge is 0.460 e. The lowest BCUT2D eigenvalue weighted by Crippen LogP contribution is -2.60. The number of phenolic OH excluding ortho intramolecular Hbond substituents is 1. The number of allylic oxidation sites excluding steroid dienone is 1. The number of aliphatic carboxylic acids is 1. The Hall–Kier alpha value is -2.44. The molecule has 4 nitrogen and oxygen atoms in total. The van der Waals surface area contributed by atoms with E-state index >= 15 is 0 Å². The summed E-state index contributed by atoms with van der Waals surface area (Å²) in [7, 11) is 0. The first-order chi connectivity index (χ1) is 22.7. The van der Waals surface area contributed by atoms with Crippen molar-refractivity contribution in [3.63, 3.8) is 0 Å². The van der Waals surface area contributed by atoms with Crippen LogP contribution in [0.15, 0.2) is 30.4 Å². The van der Waals surface area contributed by atoms with Crippen LogP contribution in [0, 0.1) is 29.1 Å². The SMILES string of the molecule is C=C1CCC2C3C(CC[C@]12C)c1ccc(O)cc1[C@@H](O)C3CCCCCCCCCC(CCC(F)(F)C(F)(F)C(F)(F)C(F)(F)F)C(=O)O. The zero-order valence-electron chi connectivity index (χ0n) is 27.7. The van der Waals surface area contributed by atoms with Gasteiger partial charge in [0.2, 0.25) is 0 Å². The summed E-state index contributed by atoms with van der Waals surface area (Å²) in [6.45, 7) is 6.70. The molecule has 3 N–H and O–H groups in total. The number of rotatable bonds is 16. The number of aliphatic hydroxyl groups excluding tert-OH is 1. The quantitative estimate of drug-likeness (QED) is 0.0905. The molecule has 2 fully saturated rings. The highest BCUT2D eigenvalue weighted by Crippen LogP contribution is 2.65. The summed E-state index contributed by atoms with van der Waals surface area (Å²) in [6, 6.07) is 5.34. The van der Waals surface area contributed by atoms with Gasteiger partial charge in [0.1, 0.15) is 5.75 Å². The van der Waals surface area contributed by atoms with Crippen molar-refractivity contribution in [3.8, 4) is 5.75 Å². The van der Waals surface area contributed by atoms with E-state index in [4.69, 9.17) is 0 Å². The minimum Gasteiger partial charge on any atom is -0.508 e. The lowest BCUT2D eigenvalue weighted by atomic mass is 9.51. The molecule has 2 saturated carbocycles. The normalized spacial score (nSPS) is 28.1. The summed E-state index contributed by atoms with van der Waals surface area (Å²) in [5.41, 5.74) is 3.29. The average Bonchev–Trinajstić information content (AvgIpc) is 3.31. The van der Waals surface area contributed by atoms with E-state index in [0.29, 0.717) is 30.6 Å². The molecule has 0 radical (unpaired) electrons. The molecule has 1 aromatic rings. The third-order valence-corrected chi connectivity index (χ3v) is 11.9. The second-order valence-electron chi connectivity index (χ2n) is 14.8. The first kappa shape index (κ1) is 39.3. The van der Waals surface area contributed by atoms with Gasteiger partial charge in [0, 0.05) is 6.42 Å². The molecule has 0 bridgehead atoms. The number of unbranched alkanes of at least 4 members (excludes halogenated alkanes) is 6. The first-order valence-corrected chi connectivity index (χ1v) is 17.3. The lowest BCUT2D eigenvalue weighted by Gasteiger charge is -2.54. The number of aromatic hydroxyl groups is 1. The highest BCUT2D eigenvalue weighted by molar-refractivity contribution is 5.69. The van der Waals surface area contributed by atoms with Crippen LogP contribution in [0.1, 0.15) is 126 Å². The summed E-state index contributed by atoms with van der Waals surface area (Å²) in [5, 5.41) is 31.1. The second kappa shape index (κ2) is 14.7. The van der Waals surface area contributed by atoms with E-state index in [-0.39, 0.29) is 29.9 Å². The number of fused-ring (bicyclic) bond motifs is 5. The monoisotopic (exact) mass is 714 g/mol.